The van der Waals surface area contributed by atoms with E-state index in [1.54, 1.807) is 11.1 Å². The zero-order valence-corrected chi connectivity index (χ0v) is 22.7. The molecule has 212 valence electrons. The molecule has 0 aliphatic carbocycles. The lowest BCUT2D eigenvalue weighted by atomic mass is 10.1. The molecule has 0 spiro atoms. The number of hydrazone groups is 1. The summed E-state index contributed by atoms with van der Waals surface area (Å²) >= 11 is 0. The number of aliphatic carboxylic acids is 1. The topological polar surface area (TPSA) is 125 Å². The summed E-state index contributed by atoms with van der Waals surface area (Å²) < 4.78 is 5.81. The Morgan fingerprint density at radius 3 is 2.38 bits per heavy atom. The second-order valence-corrected chi connectivity index (χ2v) is 9.70. The first-order valence-electron chi connectivity index (χ1n) is 13.7. The molecule has 2 amide bonds. The largest absolute Gasteiger partial charge is 0.481 e. The van der Waals surface area contributed by atoms with Crippen molar-refractivity contribution in [1.29, 1.82) is 0 Å². The fraction of sp³-hybridized carbons (Fsp3) is 0.387. The van der Waals surface area contributed by atoms with Gasteiger partial charge in [0.1, 0.15) is 6.10 Å². The molecule has 0 saturated heterocycles. The number of carboxylic acids is 1. The number of unbranched alkanes of at least 4 members (excludes halogenated alkanes) is 2. The lowest BCUT2D eigenvalue weighted by Crippen LogP contribution is -2.35. The Morgan fingerprint density at radius 1 is 0.950 bits per heavy atom. The zero-order chi connectivity index (χ0) is 28.6. The van der Waals surface area contributed by atoms with Crippen molar-refractivity contribution in [2.24, 2.45) is 5.10 Å². The van der Waals surface area contributed by atoms with Gasteiger partial charge in [-0.15, -0.1) is 0 Å². The maximum atomic E-state index is 13.2. The molecule has 1 aliphatic heterocycles. The van der Waals surface area contributed by atoms with Gasteiger partial charge in [-0.25, -0.2) is 5.43 Å². The van der Waals surface area contributed by atoms with E-state index < -0.39 is 12.1 Å². The predicted molar refractivity (Wildman–Crippen MR) is 151 cm³/mol. The molecule has 2 N–H and O–H groups in total. The highest BCUT2D eigenvalue weighted by Gasteiger charge is 2.24. The van der Waals surface area contributed by atoms with Gasteiger partial charge in [-0.3, -0.25) is 19.2 Å². The third-order valence-electron chi connectivity index (χ3n) is 6.44. The van der Waals surface area contributed by atoms with E-state index >= 15 is 0 Å². The van der Waals surface area contributed by atoms with Crippen LogP contribution in [-0.4, -0.2) is 46.5 Å². The summed E-state index contributed by atoms with van der Waals surface area (Å²) in [5.41, 5.74) is 5.03. The van der Waals surface area contributed by atoms with Crippen molar-refractivity contribution in [3.05, 3.63) is 83.4 Å². The van der Waals surface area contributed by atoms with Gasteiger partial charge in [0.15, 0.2) is 0 Å². The molecule has 0 bridgehead atoms. The number of allylic oxidation sites excluding steroid dienone is 2. The smallest absolute Gasteiger partial charge is 0.306 e. The van der Waals surface area contributed by atoms with Gasteiger partial charge in [-0.2, -0.15) is 5.10 Å². The normalized spacial score (nSPS) is 17.5. The number of benzene rings is 2. The van der Waals surface area contributed by atoms with Crippen LogP contribution in [-0.2, 0) is 30.5 Å². The van der Waals surface area contributed by atoms with Gasteiger partial charge < -0.3 is 14.7 Å². The number of cyclic esters (lactones) is 1. The summed E-state index contributed by atoms with van der Waals surface area (Å²) in [6, 6.07) is 17.0. The molecule has 9 heteroatoms. The lowest BCUT2D eigenvalue weighted by molar-refractivity contribution is -0.152. The first-order valence-corrected chi connectivity index (χ1v) is 13.7. The Balaban J connectivity index is 1.60. The average Bonchev–Trinajstić information content (AvgIpc) is 2.94. The van der Waals surface area contributed by atoms with Crippen LogP contribution >= 0.6 is 0 Å². The summed E-state index contributed by atoms with van der Waals surface area (Å²) in [4.78, 5) is 49.8. The Bertz CT molecular complexity index is 1180. The van der Waals surface area contributed by atoms with E-state index in [1.807, 2.05) is 66.7 Å². The monoisotopic (exact) mass is 547 g/mol. The van der Waals surface area contributed by atoms with E-state index in [4.69, 9.17) is 9.84 Å². The molecule has 1 atom stereocenters. The predicted octanol–water partition coefficient (Wildman–Crippen LogP) is 4.92. The molecule has 0 radical (unpaired) electrons. The highest BCUT2D eigenvalue weighted by Crippen LogP contribution is 2.22. The number of amides is 2. The number of carbonyl (C=O) groups is 4. The van der Waals surface area contributed by atoms with Gasteiger partial charge in [0.25, 0.3) is 0 Å². The number of nitrogens with one attached hydrogen (secondary N) is 1. The van der Waals surface area contributed by atoms with Crippen LogP contribution in [0.1, 0.15) is 80.6 Å². The van der Waals surface area contributed by atoms with Crippen LogP contribution < -0.4 is 5.43 Å². The van der Waals surface area contributed by atoms with Crippen LogP contribution in [0.3, 0.4) is 0 Å². The number of carboxylic acid groups (broad SMARTS) is 1. The summed E-state index contributed by atoms with van der Waals surface area (Å²) in [5.74, 6) is -1.36. The Morgan fingerprint density at radius 2 is 1.65 bits per heavy atom. The molecule has 2 aromatic rings. The minimum Gasteiger partial charge on any atom is -0.481 e. The first-order chi connectivity index (χ1) is 19.4. The maximum Gasteiger partial charge on any atom is 0.306 e. The molecule has 3 rings (SSSR count). The lowest BCUT2D eigenvalue weighted by Gasteiger charge is -2.28. The minimum atomic E-state index is -0.829. The fourth-order valence-corrected chi connectivity index (χ4v) is 4.26. The molecule has 1 aliphatic rings. The van der Waals surface area contributed by atoms with Crippen LogP contribution in [0.25, 0.3) is 0 Å². The van der Waals surface area contributed by atoms with E-state index in [2.05, 4.69) is 10.5 Å². The highest BCUT2D eigenvalue weighted by atomic mass is 16.5. The van der Waals surface area contributed by atoms with Crippen LogP contribution in [0.5, 0.6) is 0 Å². The molecule has 9 nitrogen and oxygen atoms in total. The quantitative estimate of drug-likeness (QED) is 0.135. The number of rotatable bonds is 11. The van der Waals surface area contributed by atoms with Gasteiger partial charge in [0.2, 0.25) is 11.8 Å². The molecular weight excluding hydrogens is 510 g/mol. The SMILES string of the molecule is O=C(O)CCCCCC(=O)N/N=C/c1ccc(CN2C[C@H](c3ccccc3)OC(=O)CC/C=C/CCC2=O)cc1. The Hall–Kier alpha value is -4.27. The summed E-state index contributed by atoms with van der Waals surface area (Å²) in [6.45, 7) is 0.614. The van der Waals surface area contributed by atoms with Crippen molar-refractivity contribution in [3.8, 4) is 0 Å². The third-order valence-corrected chi connectivity index (χ3v) is 6.44. The summed E-state index contributed by atoms with van der Waals surface area (Å²) in [5, 5.41) is 12.6. The summed E-state index contributed by atoms with van der Waals surface area (Å²) in [7, 11) is 0. The number of nitrogens with zero attached hydrogens (tertiary/aromatic N) is 2. The van der Waals surface area contributed by atoms with Crippen LogP contribution in [0.4, 0.5) is 0 Å². The van der Waals surface area contributed by atoms with E-state index in [1.165, 1.54) is 0 Å². The van der Waals surface area contributed by atoms with Crippen molar-refractivity contribution >= 4 is 30.0 Å². The van der Waals surface area contributed by atoms with Crippen molar-refractivity contribution in [2.75, 3.05) is 6.54 Å². The van der Waals surface area contributed by atoms with Crippen molar-refractivity contribution in [1.82, 2.24) is 10.3 Å². The number of ether oxygens (including phenoxy) is 1. The Kier molecular flexibility index (Phi) is 12.6. The van der Waals surface area contributed by atoms with E-state index in [0.29, 0.717) is 51.5 Å². The molecular formula is C31H37N3O6. The third kappa shape index (κ3) is 11.2. The molecule has 40 heavy (non-hydrogen) atoms. The molecule has 2 aromatic carbocycles. The van der Waals surface area contributed by atoms with E-state index in [-0.39, 0.29) is 37.2 Å². The van der Waals surface area contributed by atoms with Gasteiger partial charge >= 0.3 is 11.9 Å². The molecule has 0 unspecified atom stereocenters. The van der Waals surface area contributed by atoms with E-state index in [9.17, 15) is 19.2 Å². The standard InChI is InChI=1S/C31H37N3O6/c35-28(13-7-4-9-15-30(37)38)33-32-21-24-17-19-25(20-18-24)22-34-23-27(26-11-5-3-6-12-26)40-31(39)16-10-2-1-8-14-29(34)36/h1-3,5-6,11-12,17-21,27H,4,7-10,13-16,22-23H2,(H,33,35)(H,37,38)/b2-1+,32-21+/t27-/m1/s1. The van der Waals surface area contributed by atoms with Gasteiger partial charge in [-0.1, -0.05) is 73.2 Å². The molecule has 1 heterocycles. The first kappa shape index (κ1) is 30.3. The van der Waals surface area contributed by atoms with Crippen molar-refractivity contribution in [3.63, 3.8) is 0 Å². The second kappa shape index (κ2) is 16.6. The number of esters is 1. The average molecular weight is 548 g/mol. The van der Waals surface area contributed by atoms with Crippen molar-refractivity contribution < 1.29 is 29.0 Å². The number of hydrogen-bond donors (Lipinski definition) is 2. The zero-order valence-electron chi connectivity index (χ0n) is 22.7. The van der Waals surface area contributed by atoms with Crippen LogP contribution in [0.15, 0.2) is 71.9 Å². The highest BCUT2D eigenvalue weighted by molar-refractivity contribution is 5.82. The van der Waals surface area contributed by atoms with Gasteiger partial charge in [-0.05, 0) is 42.4 Å². The minimum absolute atomic E-state index is 0.0153. The fourth-order valence-electron chi connectivity index (χ4n) is 4.26. The molecule has 0 fully saturated rings. The summed E-state index contributed by atoms with van der Waals surface area (Å²) in [6.07, 6.45) is 8.95. The van der Waals surface area contributed by atoms with Crippen LogP contribution in [0.2, 0.25) is 0 Å². The maximum absolute atomic E-state index is 13.2. The number of hydrogen-bond acceptors (Lipinski definition) is 6. The second-order valence-electron chi connectivity index (χ2n) is 9.70. The molecule has 0 aromatic heterocycles. The van der Waals surface area contributed by atoms with Gasteiger partial charge in [0.05, 0.1) is 12.8 Å². The number of carbonyl (C=O) groups excluding carboxylic acids is 3. The van der Waals surface area contributed by atoms with Gasteiger partial charge in [0, 0.05) is 32.2 Å². The molecule has 0 saturated carbocycles. The Labute approximate surface area is 234 Å². The van der Waals surface area contributed by atoms with Crippen LogP contribution in [0, 0.1) is 0 Å². The van der Waals surface area contributed by atoms with E-state index in [0.717, 1.165) is 16.7 Å². The van der Waals surface area contributed by atoms with Crippen molar-refractivity contribution in [2.45, 2.75) is 70.4 Å².